The third-order valence-corrected chi connectivity index (χ3v) is 6.71. The van der Waals surface area contributed by atoms with Crippen molar-refractivity contribution in [3.63, 3.8) is 0 Å². The van der Waals surface area contributed by atoms with Crippen LogP contribution in [0.2, 0.25) is 5.02 Å². The first-order chi connectivity index (χ1) is 14.7. The quantitative estimate of drug-likeness (QED) is 0.548. The van der Waals surface area contributed by atoms with E-state index in [1.54, 1.807) is 24.5 Å². The Kier molecular flexibility index (Phi) is 5.96. The zero-order valence-electron chi connectivity index (χ0n) is 16.6. The maximum absolute atomic E-state index is 13.8. The minimum Gasteiger partial charge on any atom is -0.288 e. The minimum atomic E-state index is -3.75. The molecule has 1 fully saturated rings. The number of hydrogen-bond donors (Lipinski definition) is 0. The predicted octanol–water partition coefficient (Wildman–Crippen LogP) is 4.25. The van der Waals surface area contributed by atoms with Crippen molar-refractivity contribution >= 4 is 27.3 Å². The molecule has 0 saturated carbocycles. The number of anilines is 1. The van der Waals surface area contributed by atoms with Crippen LogP contribution in [0, 0.1) is 11.6 Å². The number of hydrogen-bond acceptors (Lipinski definition) is 4. The van der Waals surface area contributed by atoms with E-state index in [-0.39, 0.29) is 11.7 Å². The van der Waals surface area contributed by atoms with Crippen LogP contribution in [-0.4, -0.2) is 43.7 Å². The molecule has 3 aromatic rings. The summed E-state index contributed by atoms with van der Waals surface area (Å²) in [4.78, 5) is 6.30. The van der Waals surface area contributed by atoms with E-state index >= 15 is 0 Å². The van der Waals surface area contributed by atoms with Crippen LogP contribution in [0.1, 0.15) is 17.2 Å². The molecule has 1 aromatic heterocycles. The second-order valence-corrected chi connectivity index (χ2v) is 9.83. The van der Waals surface area contributed by atoms with Gasteiger partial charge < -0.3 is 0 Å². The first-order valence-electron chi connectivity index (χ1n) is 9.57. The Morgan fingerprint density at radius 3 is 2.26 bits per heavy atom. The van der Waals surface area contributed by atoms with Gasteiger partial charge in [-0.1, -0.05) is 29.8 Å². The van der Waals surface area contributed by atoms with Gasteiger partial charge in [0.1, 0.15) is 11.6 Å². The van der Waals surface area contributed by atoms with Crippen LogP contribution < -0.4 is 4.31 Å². The van der Waals surface area contributed by atoms with Crippen LogP contribution in [-0.2, 0) is 10.0 Å². The lowest BCUT2D eigenvalue weighted by atomic mass is 9.94. The van der Waals surface area contributed by atoms with Crippen molar-refractivity contribution < 1.29 is 17.2 Å². The van der Waals surface area contributed by atoms with E-state index in [0.717, 1.165) is 39.9 Å². The fourth-order valence-electron chi connectivity index (χ4n) is 3.98. The van der Waals surface area contributed by atoms with Gasteiger partial charge in [0.05, 0.1) is 24.0 Å². The zero-order chi connectivity index (χ0) is 22.2. The fourth-order valence-corrected chi connectivity index (χ4v) is 5.27. The largest absolute Gasteiger partial charge is 0.288 e. The summed E-state index contributed by atoms with van der Waals surface area (Å²) in [6, 6.07) is 13.4. The van der Waals surface area contributed by atoms with Gasteiger partial charge in [0.2, 0.25) is 10.0 Å². The standard InChI is InChI=1S/C22H20ClF2N3O2S/c1-31(29,30)28(20-10-18(24)9-19(25)11-20)21-13-27(14-21)22(16-3-2-8-26-12-16)15-4-6-17(23)7-5-15/h2-12,21-22H,13-14H2,1H3/t22-/m0/s1. The highest BCUT2D eigenvalue weighted by atomic mass is 35.5. The van der Waals surface area contributed by atoms with Crippen molar-refractivity contribution in [3.05, 3.63) is 94.8 Å². The maximum Gasteiger partial charge on any atom is 0.232 e. The summed E-state index contributed by atoms with van der Waals surface area (Å²) in [5, 5.41) is 0.617. The average molecular weight is 464 g/mol. The third kappa shape index (κ3) is 4.71. The highest BCUT2D eigenvalue weighted by molar-refractivity contribution is 7.92. The molecule has 0 radical (unpaired) electrons. The van der Waals surface area contributed by atoms with E-state index in [1.807, 2.05) is 24.3 Å². The number of benzene rings is 2. The molecule has 0 aliphatic carbocycles. The van der Waals surface area contributed by atoms with E-state index in [9.17, 15) is 17.2 Å². The second-order valence-electron chi connectivity index (χ2n) is 7.53. The van der Waals surface area contributed by atoms with Gasteiger partial charge in [-0.3, -0.25) is 14.2 Å². The highest BCUT2D eigenvalue weighted by Crippen LogP contribution is 2.36. The Balaban J connectivity index is 1.64. The van der Waals surface area contributed by atoms with Crippen molar-refractivity contribution in [2.75, 3.05) is 23.7 Å². The molecule has 1 aliphatic rings. The number of aromatic nitrogens is 1. The first kappa shape index (κ1) is 21.7. The van der Waals surface area contributed by atoms with Crippen LogP contribution in [0.5, 0.6) is 0 Å². The normalized spacial score (nSPS) is 16.0. The van der Waals surface area contributed by atoms with E-state index in [0.29, 0.717) is 18.1 Å². The molecule has 0 amide bonds. The molecular formula is C22H20ClF2N3O2S. The summed E-state index contributed by atoms with van der Waals surface area (Å²) < 4.78 is 53.6. The molecule has 1 saturated heterocycles. The van der Waals surface area contributed by atoms with Gasteiger partial charge in [-0.25, -0.2) is 17.2 Å². The number of pyridine rings is 1. The molecule has 0 bridgehead atoms. The van der Waals surface area contributed by atoms with Crippen molar-refractivity contribution in [2.24, 2.45) is 0 Å². The Morgan fingerprint density at radius 2 is 1.71 bits per heavy atom. The molecule has 1 aliphatic heterocycles. The van der Waals surface area contributed by atoms with Gasteiger partial charge in [0, 0.05) is 36.6 Å². The molecule has 2 aromatic carbocycles. The van der Waals surface area contributed by atoms with Crippen LogP contribution in [0.3, 0.4) is 0 Å². The Labute approximate surface area is 184 Å². The molecule has 9 heteroatoms. The van der Waals surface area contributed by atoms with Gasteiger partial charge in [0.15, 0.2) is 0 Å². The average Bonchev–Trinajstić information content (AvgIpc) is 2.66. The molecule has 5 nitrogen and oxygen atoms in total. The monoisotopic (exact) mass is 463 g/mol. The van der Waals surface area contributed by atoms with E-state index in [4.69, 9.17) is 11.6 Å². The topological polar surface area (TPSA) is 53.5 Å². The van der Waals surface area contributed by atoms with Crippen LogP contribution in [0.15, 0.2) is 67.0 Å². The molecule has 4 rings (SSSR count). The van der Waals surface area contributed by atoms with Crippen molar-refractivity contribution in [3.8, 4) is 0 Å². The Hall–Kier alpha value is -2.55. The molecule has 0 spiro atoms. The summed E-state index contributed by atoms with van der Waals surface area (Å²) in [7, 11) is -3.75. The van der Waals surface area contributed by atoms with E-state index in [2.05, 4.69) is 9.88 Å². The molecule has 2 heterocycles. The van der Waals surface area contributed by atoms with Crippen molar-refractivity contribution in [1.82, 2.24) is 9.88 Å². The smallest absolute Gasteiger partial charge is 0.232 e. The van der Waals surface area contributed by atoms with Crippen LogP contribution in [0.4, 0.5) is 14.5 Å². The Bertz CT molecular complexity index is 1150. The third-order valence-electron chi connectivity index (χ3n) is 5.23. The number of rotatable bonds is 6. The molecule has 0 unspecified atom stereocenters. The molecule has 1 atom stereocenters. The van der Waals surface area contributed by atoms with Gasteiger partial charge >= 0.3 is 0 Å². The molecule has 0 N–H and O–H groups in total. The van der Waals surface area contributed by atoms with Crippen LogP contribution in [0.25, 0.3) is 0 Å². The zero-order valence-corrected chi connectivity index (χ0v) is 18.2. The van der Waals surface area contributed by atoms with E-state index < -0.39 is 27.7 Å². The summed E-state index contributed by atoms with van der Waals surface area (Å²) in [5.74, 6) is -1.65. The van der Waals surface area contributed by atoms with Gasteiger partial charge in [-0.05, 0) is 41.5 Å². The minimum absolute atomic E-state index is 0.0194. The number of likely N-dealkylation sites (tertiary alicyclic amines) is 1. The summed E-state index contributed by atoms with van der Waals surface area (Å²) in [5.41, 5.74) is 1.92. The van der Waals surface area contributed by atoms with Gasteiger partial charge in [-0.15, -0.1) is 0 Å². The summed E-state index contributed by atoms with van der Waals surface area (Å²) in [6.07, 6.45) is 4.49. The van der Waals surface area contributed by atoms with Crippen molar-refractivity contribution in [1.29, 1.82) is 0 Å². The predicted molar refractivity (Wildman–Crippen MR) is 117 cm³/mol. The summed E-state index contributed by atoms with van der Waals surface area (Å²) in [6.45, 7) is 0.765. The van der Waals surface area contributed by atoms with E-state index in [1.165, 1.54) is 0 Å². The lowest BCUT2D eigenvalue weighted by Crippen LogP contribution is -2.61. The molecule has 162 valence electrons. The van der Waals surface area contributed by atoms with Crippen molar-refractivity contribution in [2.45, 2.75) is 12.1 Å². The number of halogens is 3. The maximum atomic E-state index is 13.8. The number of nitrogens with zero attached hydrogens (tertiary/aromatic N) is 3. The van der Waals surface area contributed by atoms with Crippen LogP contribution >= 0.6 is 11.6 Å². The lowest BCUT2D eigenvalue weighted by molar-refractivity contribution is 0.116. The highest BCUT2D eigenvalue weighted by Gasteiger charge is 2.41. The first-order valence-corrected chi connectivity index (χ1v) is 11.8. The lowest BCUT2D eigenvalue weighted by Gasteiger charge is -2.48. The summed E-state index contributed by atoms with van der Waals surface area (Å²) >= 11 is 6.04. The molecule has 31 heavy (non-hydrogen) atoms. The SMILES string of the molecule is CS(=O)(=O)N(c1cc(F)cc(F)c1)C1CN([C@@H](c2ccc(Cl)cc2)c2cccnc2)C1. The number of sulfonamides is 1. The molecular weight excluding hydrogens is 444 g/mol. The van der Waals surface area contributed by atoms with Gasteiger partial charge in [0.25, 0.3) is 0 Å². The fraction of sp³-hybridized carbons (Fsp3) is 0.227. The Morgan fingerprint density at radius 1 is 1.06 bits per heavy atom. The van der Waals surface area contributed by atoms with Gasteiger partial charge in [-0.2, -0.15) is 0 Å². The second kappa shape index (κ2) is 8.53.